The molecule has 0 radical (unpaired) electrons. The van der Waals surface area contributed by atoms with E-state index in [1.54, 1.807) is 7.11 Å². The molecule has 1 N–H and O–H groups in total. The zero-order chi connectivity index (χ0) is 10.7. The van der Waals surface area contributed by atoms with Crippen molar-refractivity contribution in [2.75, 3.05) is 20.3 Å². The summed E-state index contributed by atoms with van der Waals surface area (Å²) in [6.07, 6.45) is -0.0715. The summed E-state index contributed by atoms with van der Waals surface area (Å²) in [6.45, 7) is 0.647. The number of morpholine rings is 1. The maximum Gasteiger partial charge on any atom is 0.246 e. The second-order valence-electron chi connectivity index (χ2n) is 3.38. The third-order valence-electron chi connectivity index (χ3n) is 2.37. The van der Waals surface area contributed by atoms with E-state index in [1.165, 1.54) is 0 Å². The minimum absolute atomic E-state index is 0.0610. The van der Waals surface area contributed by atoms with Crippen molar-refractivity contribution in [2.45, 2.75) is 6.10 Å². The van der Waals surface area contributed by atoms with E-state index in [0.717, 1.165) is 11.3 Å². The first kappa shape index (κ1) is 9.98. The van der Waals surface area contributed by atoms with Crippen molar-refractivity contribution in [3.8, 4) is 5.75 Å². The minimum atomic E-state index is -0.0715. The number of methoxy groups -OCH3 is 1. The van der Waals surface area contributed by atoms with E-state index in [9.17, 15) is 4.79 Å². The Morgan fingerprint density at radius 1 is 1.53 bits per heavy atom. The minimum Gasteiger partial charge on any atom is -0.497 e. The Hall–Kier alpha value is -1.55. The Kier molecular flexibility index (Phi) is 2.87. The van der Waals surface area contributed by atoms with E-state index < -0.39 is 0 Å². The molecule has 80 valence electrons. The normalized spacial score (nSPS) is 20.9. The molecule has 4 heteroatoms. The summed E-state index contributed by atoms with van der Waals surface area (Å²) in [5.41, 5.74) is 1.02. The zero-order valence-corrected chi connectivity index (χ0v) is 8.53. The van der Waals surface area contributed by atoms with E-state index in [4.69, 9.17) is 9.47 Å². The molecule has 1 aromatic carbocycles. The molecule has 1 fully saturated rings. The van der Waals surface area contributed by atoms with Gasteiger partial charge in [0.1, 0.15) is 18.5 Å². The van der Waals surface area contributed by atoms with E-state index in [2.05, 4.69) is 5.32 Å². The summed E-state index contributed by atoms with van der Waals surface area (Å²) in [5.74, 6) is 0.738. The van der Waals surface area contributed by atoms with E-state index in [1.807, 2.05) is 24.3 Å². The Morgan fingerprint density at radius 3 is 3.07 bits per heavy atom. The molecule has 1 atom stereocenters. The van der Waals surface area contributed by atoms with Crippen LogP contribution in [0.4, 0.5) is 0 Å². The molecule has 2 rings (SSSR count). The van der Waals surface area contributed by atoms with Gasteiger partial charge in [-0.3, -0.25) is 4.79 Å². The standard InChI is InChI=1S/C11H13NO3/c1-14-9-4-2-3-8(5-9)10-6-12-11(13)7-15-10/h2-5,10H,6-7H2,1H3,(H,12,13)/t10-/m1/s1. The van der Waals surface area contributed by atoms with Crippen LogP contribution in [0, 0.1) is 0 Å². The van der Waals surface area contributed by atoms with Crippen molar-refractivity contribution in [1.29, 1.82) is 0 Å². The lowest BCUT2D eigenvalue weighted by atomic mass is 10.1. The number of amides is 1. The molecule has 1 aliphatic heterocycles. The number of hydrogen-bond donors (Lipinski definition) is 1. The van der Waals surface area contributed by atoms with Crippen molar-refractivity contribution < 1.29 is 14.3 Å². The van der Waals surface area contributed by atoms with Crippen LogP contribution in [-0.4, -0.2) is 26.2 Å². The highest BCUT2D eigenvalue weighted by molar-refractivity contribution is 5.77. The lowest BCUT2D eigenvalue weighted by Gasteiger charge is -2.23. The van der Waals surface area contributed by atoms with Crippen LogP contribution >= 0.6 is 0 Å². The fraction of sp³-hybridized carbons (Fsp3) is 0.364. The molecule has 4 nitrogen and oxygen atoms in total. The number of benzene rings is 1. The van der Waals surface area contributed by atoms with Crippen molar-refractivity contribution in [1.82, 2.24) is 5.32 Å². The topological polar surface area (TPSA) is 47.6 Å². The monoisotopic (exact) mass is 207 g/mol. The lowest BCUT2D eigenvalue weighted by Crippen LogP contribution is -2.38. The van der Waals surface area contributed by atoms with Crippen LogP contribution in [-0.2, 0) is 9.53 Å². The molecule has 0 saturated carbocycles. The van der Waals surface area contributed by atoms with Gasteiger partial charge in [-0.2, -0.15) is 0 Å². The highest BCUT2D eigenvalue weighted by Gasteiger charge is 2.20. The summed E-state index contributed by atoms with van der Waals surface area (Å²) < 4.78 is 10.5. The van der Waals surface area contributed by atoms with Gasteiger partial charge < -0.3 is 14.8 Å². The summed E-state index contributed by atoms with van der Waals surface area (Å²) in [4.78, 5) is 10.9. The third kappa shape index (κ3) is 2.27. The third-order valence-corrected chi connectivity index (χ3v) is 2.37. The van der Waals surface area contributed by atoms with Crippen molar-refractivity contribution in [3.05, 3.63) is 29.8 Å². The van der Waals surface area contributed by atoms with Crippen LogP contribution < -0.4 is 10.1 Å². The highest BCUT2D eigenvalue weighted by atomic mass is 16.5. The predicted octanol–water partition coefficient (Wildman–Crippen LogP) is 0.883. The highest BCUT2D eigenvalue weighted by Crippen LogP contribution is 2.22. The van der Waals surface area contributed by atoms with Gasteiger partial charge in [0.25, 0.3) is 0 Å². The summed E-state index contributed by atoms with van der Waals surface area (Å²) >= 11 is 0. The molecule has 0 aromatic heterocycles. The Bertz CT molecular complexity index is 355. The Labute approximate surface area is 88.2 Å². The van der Waals surface area contributed by atoms with Crippen LogP contribution in [0.5, 0.6) is 5.75 Å². The SMILES string of the molecule is COc1cccc([C@H]2CNC(=O)CO2)c1. The zero-order valence-electron chi connectivity index (χ0n) is 8.53. The molecule has 1 heterocycles. The maximum atomic E-state index is 10.9. The Morgan fingerprint density at radius 2 is 2.40 bits per heavy atom. The van der Waals surface area contributed by atoms with Gasteiger partial charge in [0.05, 0.1) is 7.11 Å². The number of hydrogen-bond acceptors (Lipinski definition) is 3. The largest absolute Gasteiger partial charge is 0.497 e. The van der Waals surface area contributed by atoms with Gasteiger partial charge in [0.15, 0.2) is 0 Å². The van der Waals surface area contributed by atoms with Gasteiger partial charge in [-0.25, -0.2) is 0 Å². The van der Waals surface area contributed by atoms with Gasteiger partial charge in [0, 0.05) is 6.54 Å². The number of carbonyl (C=O) groups excluding carboxylic acids is 1. The molecule has 0 spiro atoms. The molecular weight excluding hydrogens is 194 g/mol. The molecule has 0 aliphatic carbocycles. The van der Waals surface area contributed by atoms with Gasteiger partial charge in [-0.05, 0) is 17.7 Å². The first-order chi connectivity index (χ1) is 7.29. The van der Waals surface area contributed by atoms with Crippen LogP contribution in [0.25, 0.3) is 0 Å². The van der Waals surface area contributed by atoms with Gasteiger partial charge in [0.2, 0.25) is 5.91 Å². The van der Waals surface area contributed by atoms with E-state index in [-0.39, 0.29) is 18.6 Å². The lowest BCUT2D eigenvalue weighted by molar-refractivity contribution is -0.133. The summed E-state index contributed by atoms with van der Waals surface area (Å²) in [7, 11) is 1.63. The van der Waals surface area contributed by atoms with Crippen LogP contribution in [0.15, 0.2) is 24.3 Å². The summed E-state index contributed by atoms with van der Waals surface area (Å²) in [5, 5.41) is 2.76. The summed E-state index contributed by atoms with van der Waals surface area (Å²) in [6, 6.07) is 7.67. The van der Waals surface area contributed by atoms with Crippen molar-refractivity contribution >= 4 is 5.91 Å². The van der Waals surface area contributed by atoms with Crippen LogP contribution in [0.2, 0.25) is 0 Å². The quantitative estimate of drug-likeness (QED) is 0.783. The van der Waals surface area contributed by atoms with E-state index in [0.29, 0.717) is 6.54 Å². The van der Waals surface area contributed by atoms with Crippen molar-refractivity contribution in [2.24, 2.45) is 0 Å². The second kappa shape index (κ2) is 4.31. The molecule has 1 aromatic rings. The Balaban J connectivity index is 2.11. The van der Waals surface area contributed by atoms with Crippen molar-refractivity contribution in [3.63, 3.8) is 0 Å². The van der Waals surface area contributed by atoms with Gasteiger partial charge in [-0.1, -0.05) is 12.1 Å². The molecule has 1 aliphatic rings. The van der Waals surface area contributed by atoms with Gasteiger partial charge >= 0.3 is 0 Å². The molecule has 1 saturated heterocycles. The molecule has 1 amide bonds. The smallest absolute Gasteiger partial charge is 0.246 e. The first-order valence-electron chi connectivity index (χ1n) is 4.82. The molecule has 15 heavy (non-hydrogen) atoms. The second-order valence-corrected chi connectivity index (χ2v) is 3.38. The van der Waals surface area contributed by atoms with Crippen LogP contribution in [0.1, 0.15) is 11.7 Å². The number of rotatable bonds is 2. The van der Waals surface area contributed by atoms with Crippen LogP contribution in [0.3, 0.4) is 0 Å². The average Bonchev–Trinajstić information content (AvgIpc) is 2.30. The fourth-order valence-corrected chi connectivity index (χ4v) is 1.55. The fourth-order valence-electron chi connectivity index (χ4n) is 1.55. The first-order valence-corrected chi connectivity index (χ1v) is 4.82. The maximum absolute atomic E-state index is 10.9. The average molecular weight is 207 g/mol. The number of ether oxygens (including phenoxy) is 2. The molecule has 0 bridgehead atoms. The van der Waals surface area contributed by atoms with E-state index >= 15 is 0 Å². The van der Waals surface area contributed by atoms with Gasteiger partial charge in [-0.15, -0.1) is 0 Å². The number of carbonyl (C=O) groups is 1. The molecule has 0 unspecified atom stereocenters. The molecular formula is C11H13NO3. The predicted molar refractivity (Wildman–Crippen MR) is 54.7 cm³/mol. The number of nitrogens with one attached hydrogen (secondary N) is 1.